The first kappa shape index (κ1) is 17.6. The summed E-state index contributed by atoms with van der Waals surface area (Å²) in [6.45, 7) is 0.507. The highest BCUT2D eigenvalue weighted by Gasteiger charge is 2.34. The first-order valence-corrected chi connectivity index (χ1v) is 8.68. The van der Waals surface area contributed by atoms with Gasteiger partial charge in [-0.1, -0.05) is 0 Å². The molecular formula is C15H21NO6S. The van der Waals surface area contributed by atoms with Gasteiger partial charge in [0.2, 0.25) is 10.0 Å². The van der Waals surface area contributed by atoms with E-state index in [0.29, 0.717) is 30.9 Å². The number of nitrogens with zero attached hydrogens (tertiary/aromatic N) is 1. The minimum absolute atomic E-state index is 0.112. The van der Waals surface area contributed by atoms with Gasteiger partial charge in [-0.3, -0.25) is 4.79 Å². The van der Waals surface area contributed by atoms with Crippen LogP contribution in [0.4, 0.5) is 0 Å². The van der Waals surface area contributed by atoms with Crippen molar-refractivity contribution in [1.82, 2.24) is 4.31 Å². The third-order valence-corrected chi connectivity index (χ3v) is 5.77. The molecule has 0 aromatic heterocycles. The molecule has 7 nitrogen and oxygen atoms in total. The van der Waals surface area contributed by atoms with Crippen LogP contribution in [0.5, 0.6) is 11.5 Å². The first-order chi connectivity index (χ1) is 10.9. The molecule has 1 fully saturated rings. The maximum absolute atomic E-state index is 12.8. The molecule has 1 heterocycles. The molecule has 1 aliphatic heterocycles. The molecule has 0 N–H and O–H groups in total. The van der Waals surface area contributed by atoms with Gasteiger partial charge in [0.05, 0.1) is 32.1 Å². The normalized spacial score (nSPS) is 19.2. The molecule has 8 heteroatoms. The summed E-state index contributed by atoms with van der Waals surface area (Å²) in [5.41, 5.74) is 0. The zero-order valence-electron chi connectivity index (χ0n) is 13.4. The molecule has 0 aliphatic carbocycles. The number of hydrogen-bond acceptors (Lipinski definition) is 6. The summed E-state index contributed by atoms with van der Waals surface area (Å²) < 4.78 is 41.9. The minimum Gasteiger partial charge on any atom is -0.493 e. The molecule has 128 valence electrons. The van der Waals surface area contributed by atoms with Gasteiger partial charge >= 0.3 is 5.97 Å². The summed E-state index contributed by atoms with van der Waals surface area (Å²) in [6.07, 6.45) is 1.25. The summed E-state index contributed by atoms with van der Waals surface area (Å²) in [7, 11) is 0.536. The summed E-state index contributed by atoms with van der Waals surface area (Å²) in [6, 6.07) is 4.45. The standard InChI is InChI=1S/C15H21NO6S/c1-20-13-7-6-12(9-14(13)21-2)23(18,19)16-8-4-5-11(10-16)15(17)22-3/h6-7,9,11H,4-5,8,10H2,1-3H3. The Morgan fingerprint density at radius 1 is 1.17 bits per heavy atom. The van der Waals surface area contributed by atoms with E-state index in [1.807, 2.05) is 0 Å². The minimum atomic E-state index is -3.70. The fourth-order valence-corrected chi connectivity index (χ4v) is 4.19. The third kappa shape index (κ3) is 3.59. The highest BCUT2D eigenvalue weighted by atomic mass is 32.2. The molecule has 0 bridgehead atoms. The van der Waals surface area contributed by atoms with E-state index in [4.69, 9.17) is 14.2 Å². The highest BCUT2D eigenvalue weighted by Crippen LogP contribution is 2.32. The van der Waals surface area contributed by atoms with E-state index >= 15 is 0 Å². The van der Waals surface area contributed by atoms with Crippen LogP contribution in [-0.4, -0.2) is 53.1 Å². The van der Waals surface area contributed by atoms with Crippen molar-refractivity contribution in [3.8, 4) is 11.5 Å². The molecule has 1 aliphatic rings. The second kappa shape index (κ2) is 7.18. The molecule has 1 saturated heterocycles. The average molecular weight is 343 g/mol. The van der Waals surface area contributed by atoms with Crippen LogP contribution in [-0.2, 0) is 19.6 Å². The van der Waals surface area contributed by atoms with Crippen molar-refractivity contribution in [2.45, 2.75) is 17.7 Å². The SMILES string of the molecule is COC(=O)C1CCCN(S(=O)(=O)c2ccc(OC)c(OC)c2)C1. The summed E-state index contributed by atoms with van der Waals surface area (Å²) in [5.74, 6) is -0.00601. The van der Waals surface area contributed by atoms with E-state index in [9.17, 15) is 13.2 Å². The largest absolute Gasteiger partial charge is 0.493 e. The lowest BCUT2D eigenvalue weighted by Gasteiger charge is -2.30. The maximum Gasteiger partial charge on any atom is 0.309 e. The molecule has 0 amide bonds. The lowest BCUT2D eigenvalue weighted by atomic mass is 10.0. The van der Waals surface area contributed by atoms with Crippen LogP contribution in [0.3, 0.4) is 0 Å². The monoisotopic (exact) mass is 343 g/mol. The van der Waals surface area contributed by atoms with Gasteiger partial charge in [-0.25, -0.2) is 8.42 Å². The molecule has 23 heavy (non-hydrogen) atoms. The van der Waals surface area contributed by atoms with Crippen LogP contribution >= 0.6 is 0 Å². The highest BCUT2D eigenvalue weighted by molar-refractivity contribution is 7.89. The number of carbonyl (C=O) groups excluding carboxylic acids is 1. The predicted octanol–water partition coefficient (Wildman–Crippen LogP) is 1.28. The third-order valence-electron chi connectivity index (χ3n) is 3.91. The number of benzene rings is 1. The average Bonchev–Trinajstić information content (AvgIpc) is 2.60. The Kier molecular flexibility index (Phi) is 5.48. The number of ether oxygens (including phenoxy) is 3. The van der Waals surface area contributed by atoms with Crippen LogP contribution in [0.2, 0.25) is 0 Å². The Bertz CT molecular complexity index is 673. The topological polar surface area (TPSA) is 82.1 Å². The number of piperidine rings is 1. The number of methoxy groups -OCH3 is 3. The van der Waals surface area contributed by atoms with E-state index in [2.05, 4.69) is 0 Å². The Morgan fingerprint density at radius 3 is 2.48 bits per heavy atom. The number of hydrogen-bond donors (Lipinski definition) is 0. The summed E-state index contributed by atoms with van der Waals surface area (Å²) in [5, 5.41) is 0. The van der Waals surface area contributed by atoms with Crippen molar-refractivity contribution in [3.05, 3.63) is 18.2 Å². The van der Waals surface area contributed by atoms with E-state index in [0.717, 1.165) is 0 Å². The molecule has 0 radical (unpaired) electrons. The smallest absolute Gasteiger partial charge is 0.309 e. The Morgan fingerprint density at radius 2 is 1.87 bits per heavy atom. The van der Waals surface area contributed by atoms with Crippen molar-refractivity contribution >= 4 is 16.0 Å². The lowest BCUT2D eigenvalue weighted by molar-refractivity contribution is -0.146. The second-order valence-corrected chi connectivity index (χ2v) is 7.18. The number of sulfonamides is 1. The van der Waals surface area contributed by atoms with Crippen molar-refractivity contribution in [3.63, 3.8) is 0 Å². The number of carbonyl (C=O) groups is 1. The van der Waals surface area contributed by atoms with Crippen LogP contribution in [0.1, 0.15) is 12.8 Å². The van der Waals surface area contributed by atoms with Gasteiger partial charge in [0, 0.05) is 19.2 Å². The summed E-state index contributed by atoms with van der Waals surface area (Å²) >= 11 is 0. The number of esters is 1. The van der Waals surface area contributed by atoms with Gasteiger partial charge in [0.25, 0.3) is 0 Å². The fraction of sp³-hybridized carbons (Fsp3) is 0.533. The molecule has 1 unspecified atom stereocenters. The molecule has 0 saturated carbocycles. The van der Waals surface area contributed by atoms with E-state index in [1.54, 1.807) is 6.07 Å². The van der Waals surface area contributed by atoms with E-state index < -0.39 is 15.9 Å². The fourth-order valence-electron chi connectivity index (χ4n) is 2.65. The Labute approximate surface area is 136 Å². The van der Waals surface area contributed by atoms with E-state index in [1.165, 1.54) is 37.8 Å². The van der Waals surface area contributed by atoms with Gasteiger partial charge in [-0.15, -0.1) is 0 Å². The van der Waals surface area contributed by atoms with Gasteiger partial charge in [0.15, 0.2) is 11.5 Å². The van der Waals surface area contributed by atoms with Crippen molar-refractivity contribution in [1.29, 1.82) is 0 Å². The van der Waals surface area contributed by atoms with Crippen LogP contribution in [0.25, 0.3) is 0 Å². The van der Waals surface area contributed by atoms with E-state index in [-0.39, 0.29) is 17.4 Å². The molecule has 1 aromatic carbocycles. The first-order valence-electron chi connectivity index (χ1n) is 7.24. The molecular weight excluding hydrogens is 322 g/mol. The lowest BCUT2D eigenvalue weighted by Crippen LogP contribution is -2.42. The zero-order valence-corrected chi connectivity index (χ0v) is 14.3. The van der Waals surface area contributed by atoms with Gasteiger partial charge < -0.3 is 14.2 Å². The van der Waals surface area contributed by atoms with Crippen LogP contribution in [0, 0.1) is 5.92 Å². The molecule has 2 rings (SSSR count). The Balaban J connectivity index is 2.29. The van der Waals surface area contributed by atoms with Gasteiger partial charge in [0.1, 0.15) is 0 Å². The van der Waals surface area contributed by atoms with Crippen LogP contribution < -0.4 is 9.47 Å². The van der Waals surface area contributed by atoms with Crippen LogP contribution in [0.15, 0.2) is 23.1 Å². The van der Waals surface area contributed by atoms with Crippen molar-refractivity contribution in [2.75, 3.05) is 34.4 Å². The van der Waals surface area contributed by atoms with Crippen molar-refractivity contribution in [2.24, 2.45) is 5.92 Å². The predicted molar refractivity (Wildman–Crippen MR) is 83.0 cm³/mol. The van der Waals surface area contributed by atoms with Gasteiger partial charge in [-0.2, -0.15) is 4.31 Å². The zero-order chi connectivity index (χ0) is 17.0. The molecule has 1 aromatic rings. The summed E-state index contributed by atoms with van der Waals surface area (Å²) in [4.78, 5) is 11.8. The van der Waals surface area contributed by atoms with Crippen molar-refractivity contribution < 1.29 is 27.4 Å². The molecule has 1 atom stereocenters. The second-order valence-electron chi connectivity index (χ2n) is 5.24. The number of rotatable bonds is 5. The van der Waals surface area contributed by atoms with Gasteiger partial charge in [-0.05, 0) is 25.0 Å². The quantitative estimate of drug-likeness (QED) is 0.749. The Hall–Kier alpha value is -1.80. The maximum atomic E-state index is 12.8. The molecule has 0 spiro atoms.